The first-order chi connectivity index (χ1) is 20.0. The van der Waals surface area contributed by atoms with E-state index in [0.717, 1.165) is 29.5 Å². The van der Waals surface area contributed by atoms with Gasteiger partial charge in [0, 0.05) is 37.0 Å². The van der Waals surface area contributed by atoms with E-state index < -0.39 is 16.1 Å². The molecule has 0 aromatic heterocycles. The normalized spacial score (nSPS) is 12.8. The molecule has 7 nitrogen and oxygen atoms in total. The number of nitrogens with one attached hydrogen (secondary N) is 1. The molecule has 9 heteroatoms. The molecule has 226 valence electrons. The molecule has 0 radical (unpaired) electrons. The average Bonchev–Trinajstić information content (AvgIpc) is 2.97. The smallest absolute Gasteiger partial charge is 0.243 e. The number of benzene rings is 3. The zero-order valence-electron chi connectivity index (χ0n) is 24.9. The minimum atomic E-state index is -3.56. The molecule has 3 rings (SSSR count). The van der Waals surface area contributed by atoms with Crippen molar-refractivity contribution < 1.29 is 18.0 Å². The molecule has 0 aliphatic carbocycles. The zero-order valence-corrected chi connectivity index (χ0v) is 26.5. The molecule has 0 aliphatic heterocycles. The van der Waals surface area contributed by atoms with Gasteiger partial charge in [0.05, 0.1) is 11.9 Å². The summed E-state index contributed by atoms with van der Waals surface area (Å²) in [7, 11) is -3.56. The fraction of sp³-hybridized carbons (Fsp3) is 0.394. The number of halogens is 1. The summed E-state index contributed by atoms with van der Waals surface area (Å²) in [6, 6.07) is 23.5. The van der Waals surface area contributed by atoms with Gasteiger partial charge in [-0.05, 0) is 67.1 Å². The van der Waals surface area contributed by atoms with Crippen LogP contribution in [0.25, 0.3) is 0 Å². The third-order valence-corrected chi connectivity index (χ3v) is 8.77. The molecule has 0 spiro atoms. The Morgan fingerprint density at radius 3 is 2.07 bits per heavy atom. The van der Waals surface area contributed by atoms with Crippen molar-refractivity contribution in [3.8, 4) is 0 Å². The molecule has 0 saturated carbocycles. The summed E-state index contributed by atoms with van der Waals surface area (Å²) in [6.45, 7) is 6.34. The first-order valence-corrected chi connectivity index (χ1v) is 16.7. The number of aryl methyl sites for hydroxylation is 1. The van der Waals surface area contributed by atoms with E-state index in [1.807, 2.05) is 75.4 Å². The largest absolute Gasteiger partial charge is 0.352 e. The number of carbonyl (C=O) groups excluding carboxylic acids is 2. The highest BCUT2D eigenvalue weighted by Gasteiger charge is 2.31. The highest BCUT2D eigenvalue weighted by atomic mass is 35.5. The van der Waals surface area contributed by atoms with Gasteiger partial charge in [-0.3, -0.25) is 13.9 Å². The summed E-state index contributed by atoms with van der Waals surface area (Å²) in [6.07, 6.45) is 3.51. The van der Waals surface area contributed by atoms with E-state index in [9.17, 15) is 18.0 Å². The highest BCUT2D eigenvalue weighted by Crippen LogP contribution is 2.21. The molecular formula is C33H42ClN3O4S. The number of rotatable bonds is 15. The molecule has 0 fully saturated rings. The van der Waals surface area contributed by atoms with Crippen molar-refractivity contribution >= 4 is 39.1 Å². The van der Waals surface area contributed by atoms with Gasteiger partial charge in [-0.2, -0.15) is 0 Å². The van der Waals surface area contributed by atoms with Crippen LogP contribution >= 0.6 is 11.6 Å². The lowest BCUT2D eigenvalue weighted by Gasteiger charge is -2.32. The lowest BCUT2D eigenvalue weighted by molar-refractivity contribution is -0.141. The van der Waals surface area contributed by atoms with Gasteiger partial charge in [-0.1, -0.05) is 80.0 Å². The van der Waals surface area contributed by atoms with Gasteiger partial charge in [0.15, 0.2) is 0 Å². The van der Waals surface area contributed by atoms with E-state index >= 15 is 0 Å². The zero-order chi connectivity index (χ0) is 30.7. The van der Waals surface area contributed by atoms with Crippen molar-refractivity contribution in [3.05, 3.63) is 101 Å². The summed E-state index contributed by atoms with van der Waals surface area (Å²) in [5, 5.41) is 3.65. The van der Waals surface area contributed by atoms with Gasteiger partial charge in [-0.15, -0.1) is 0 Å². The van der Waals surface area contributed by atoms with Crippen LogP contribution < -0.4 is 9.62 Å². The Morgan fingerprint density at radius 2 is 1.50 bits per heavy atom. The van der Waals surface area contributed by atoms with E-state index in [1.54, 1.807) is 29.2 Å². The minimum absolute atomic E-state index is 0.0503. The van der Waals surface area contributed by atoms with Crippen molar-refractivity contribution in [1.29, 1.82) is 0 Å². The topological polar surface area (TPSA) is 86.8 Å². The molecule has 0 unspecified atom stereocenters. The Labute approximate surface area is 255 Å². The van der Waals surface area contributed by atoms with Crippen LogP contribution in [-0.2, 0) is 39.0 Å². The summed E-state index contributed by atoms with van der Waals surface area (Å²) in [4.78, 5) is 29.2. The minimum Gasteiger partial charge on any atom is -0.352 e. The highest BCUT2D eigenvalue weighted by molar-refractivity contribution is 7.92. The second kappa shape index (κ2) is 15.8. The molecule has 0 saturated heterocycles. The second-order valence-electron chi connectivity index (χ2n) is 10.6. The standard InChI is InChI=1S/C33H42ClN3O4S/c1-5-25(3)35-33(39)31(23-27-11-8-7-9-12-27)36(24-28-14-18-29(34)19-15-28)32(38)13-10-22-37(42(4,40)41)30-20-16-26(6-2)17-21-30/h7-9,11-12,14-21,25,31H,5-6,10,13,22-24H2,1-4H3,(H,35,39)/t25-,31-/m0/s1. The van der Waals surface area contributed by atoms with Gasteiger partial charge in [0.2, 0.25) is 21.8 Å². The third-order valence-electron chi connectivity index (χ3n) is 7.32. The van der Waals surface area contributed by atoms with Crippen molar-refractivity contribution in [3.63, 3.8) is 0 Å². The van der Waals surface area contributed by atoms with Crippen LogP contribution in [0.5, 0.6) is 0 Å². The van der Waals surface area contributed by atoms with E-state index in [4.69, 9.17) is 11.6 Å². The number of nitrogens with zero attached hydrogens (tertiary/aromatic N) is 2. The molecule has 0 heterocycles. The van der Waals surface area contributed by atoms with Gasteiger partial charge in [-0.25, -0.2) is 8.42 Å². The van der Waals surface area contributed by atoms with Crippen LogP contribution in [0, 0.1) is 0 Å². The number of carbonyl (C=O) groups is 2. The van der Waals surface area contributed by atoms with Crippen LogP contribution in [0.1, 0.15) is 56.7 Å². The summed E-state index contributed by atoms with van der Waals surface area (Å²) in [5.74, 6) is -0.441. The Hall–Kier alpha value is -3.36. The van der Waals surface area contributed by atoms with E-state index in [1.165, 1.54) is 10.6 Å². The third kappa shape index (κ3) is 9.88. The molecule has 3 aromatic rings. The SMILES string of the molecule is CCc1ccc(N(CCCC(=O)N(Cc2ccc(Cl)cc2)[C@@H](Cc2ccccc2)C(=O)N[C@@H](C)CC)S(C)(=O)=O)cc1. The number of anilines is 1. The number of hydrogen-bond donors (Lipinski definition) is 1. The average molecular weight is 612 g/mol. The van der Waals surface area contributed by atoms with E-state index in [2.05, 4.69) is 5.32 Å². The fourth-order valence-corrected chi connectivity index (χ4v) is 5.77. The quantitative estimate of drug-likeness (QED) is 0.228. The Bertz CT molecular complexity index is 1400. The van der Waals surface area contributed by atoms with Crippen LogP contribution in [0.3, 0.4) is 0 Å². The fourth-order valence-electron chi connectivity index (χ4n) is 4.68. The molecule has 42 heavy (non-hydrogen) atoms. The van der Waals surface area contributed by atoms with Crippen LogP contribution in [0.15, 0.2) is 78.9 Å². The second-order valence-corrected chi connectivity index (χ2v) is 13.0. The van der Waals surface area contributed by atoms with Crippen molar-refractivity contribution in [2.45, 2.75) is 71.5 Å². The Balaban J connectivity index is 1.87. The summed E-state index contributed by atoms with van der Waals surface area (Å²) < 4.78 is 26.7. The van der Waals surface area contributed by atoms with E-state index in [0.29, 0.717) is 23.6 Å². The summed E-state index contributed by atoms with van der Waals surface area (Å²) in [5.41, 5.74) is 3.46. The number of hydrogen-bond acceptors (Lipinski definition) is 4. The summed E-state index contributed by atoms with van der Waals surface area (Å²) >= 11 is 6.11. The maximum atomic E-state index is 13.9. The van der Waals surface area contributed by atoms with E-state index in [-0.39, 0.29) is 37.4 Å². The molecule has 2 atom stereocenters. The number of amides is 2. The first kappa shape index (κ1) is 33.1. The molecular weight excluding hydrogens is 570 g/mol. The molecule has 1 N–H and O–H groups in total. The van der Waals surface area contributed by atoms with Crippen molar-refractivity contribution in [1.82, 2.24) is 10.2 Å². The predicted molar refractivity (Wildman–Crippen MR) is 171 cm³/mol. The Kier molecular flexibility index (Phi) is 12.4. The maximum absolute atomic E-state index is 13.9. The van der Waals surface area contributed by atoms with Gasteiger partial charge < -0.3 is 10.2 Å². The van der Waals surface area contributed by atoms with Gasteiger partial charge in [0.1, 0.15) is 6.04 Å². The lowest BCUT2D eigenvalue weighted by atomic mass is 10.0. The molecule has 0 aliphatic rings. The molecule has 0 bridgehead atoms. The van der Waals surface area contributed by atoms with Crippen molar-refractivity contribution in [2.75, 3.05) is 17.1 Å². The van der Waals surface area contributed by atoms with Gasteiger partial charge in [0.25, 0.3) is 0 Å². The Morgan fingerprint density at radius 1 is 0.881 bits per heavy atom. The first-order valence-electron chi connectivity index (χ1n) is 14.5. The van der Waals surface area contributed by atoms with Crippen LogP contribution in [0.2, 0.25) is 5.02 Å². The molecule has 2 amide bonds. The monoisotopic (exact) mass is 611 g/mol. The maximum Gasteiger partial charge on any atom is 0.243 e. The lowest BCUT2D eigenvalue weighted by Crippen LogP contribution is -2.52. The predicted octanol–water partition coefficient (Wildman–Crippen LogP) is 6.00. The van der Waals surface area contributed by atoms with Crippen LogP contribution in [0.4, 0.5) is 5.69 Å². The molecule has 3 aromatic carbocycles. The van der Waals surface area contributed by atoms with Crippen LogP contribution in [-0.4, -0.2) is 50.0 Å². The number of sulfonamides is 1. The van der Waals surface area contributed by atoms with Gasteiger partial charge >= 0.3 is 0 Å². The van der Waals surface area contributed by atoms with Crippen molar-refractivity contribution in [2.24, 2.45) is 0 Å².